The fraction of sp³-hybridized carbons (Fsp3) is 0.353. The molecule has 20 heavy (non-hydrogen) atoms. The third-order valence-electron chi connectivity index (χ3n) is 3.96. The number of para-hydroxylation sites is 1. The zero-order valence-electron chi connectivity index (χ0n) is 12.0. The number of hydrogen-bond donors (Lipinski definition) is 1. The monoisotopic (exact) mass is 268 g/mol. The summed E-state index contributed by atoms with van der Waals surface area (Å²) in [7, 11) is 1.74. The minimum atomic E-state index is 0.536. The number of benzene rings is 1. The third-order valence-corrected chi connectivity index (χ3v) is 3.96. The number of pyridine rings is 1. The van der Waals surface area contributed by atoms with E-state index in [1.807, 2.05) is 24.5 Å². The second-order valence-electron chi connectivity index (χ2n) is 5.50. The number of hydrogen-bond acceptors (Lipinski definition) is 3. The lowest BCUT2D eigenvalue weighted by molar-refractivity contribution is 0.349. The summed E-state index contributed by atoms with van der Waals surface area (Å²) in [6.45, 7) is 2.07. The molecule has 1 aliphatic carbocycles. The van der Waals surface area contributed by atoms with Gasteiger partial charge >= 0.3 is 0 Å². The van der Waals surface area contributed by atoms with Crippen LogP contribution in [0.5, 0.6) is 5.75 Å². The summed E-state index contributed by atoms with van der Waals surface area (Å²) in [6, 6.07) is 11.0. The van der Waals surface area contributed by atoms with Gasteiger partial charge in [-0.25, -0.2) is 0 Å². The van der Waals surface area contributed by atoms with Crippen molar-refractivity contribution in [2.45, 2.75) is 31.7 Å². The summed E-state index contributed by atoms with van der Waals surface area (Å²) in [5, 5.41) is 3.55. The number of rotatable bonds is 4. The number of nitrogens with zero attached hydrogens (tertiary/aromatic N) is 1. The highest BCUT2D eigenvalue weighted by molar-refractivity contribution is 5.45. The zero-order chi connectivity index (χ0) is 13.9. The number of anilines is 1. The second kappa shape index (κ2) is 5.53. The van der Waals surface area contributed by atoms with Gasteiger partial charge in [0.15, 0.2) is 0 Å². The van der Waals surface area contributed by atoms with Gasteiger partial charge in [0.2, 0.25) is 0 Å². The molecule has 0 unspecified atom stereocenters. The van der Waals surface area contributed by atoms with Crippen molar-refractivity contribution >= 4 is 5.69 Å². The van der Waals surface area contributed by atoms with E-state index in [1.54, 1.807) is 7.11 Å². The van der Waals surface area contributed by atoms with Gasteiger partial charge in [0.05, 0.1) is 12.8 Å². The number of aromatic nitrogens is 1. The standard InChI is InChI=1S/C17H20N2O/c1-12-7-15(11-18-10-12)19-14-8-13(9-14)16-5-3-4-6-17(16)20-2/h3-7,10-11,13-14,19H,8-9H2,1-2H3. The molecule has 1 aromatic carbocycles. The molecular weight excluding hydrogens is 248 g/mol. The van der Waals surface area contributed by atoms with Gasteiger partial charge in [-0.1, -0.05) is 18.2 Å². The normalized spacial score (nSPS) is 21.1. The lowest BCUT2D eigenvalue weighted by Crippen LogP contribution is -2.34. The largest absolute Gasteiger partial charge is 0.496 e. The second-order valence-corrected chi connectivity index (χ2v) is 5.50. The van der Waals surface area contributed by atoms with Crippen molar-refractivity contribution in [3.63, 3.8) is 0 Å². The van der Waals surface area contributed by atoms with Crippen LogP contribution >= 0.6 is 0 Å². The molecule has 0 bridgehead atoms. The molecule has 1 fully saturated rings. The SMILES string of the molecule is COc1ccccc1C1CC(Nc2cncc(C)c2)C1. The van der Waals surface area contributed by atoms with Crippen LogP contribution in [0.25, 0.3) is 0 Å². The average Bonchev–Trinajstić information content (AvgIpc) is 2.42. The third kappa shape index (κ3) is 2.62. The lowest BCUT2D eigenvalue weighted by atomic mass is 9.75. The van der Waals surface area contributed by atoms with Crippen LogP contribution in [0.1, 0.15) is 29.9 Å². The molecule has 1 saturated carbocycles. The van der Waals surface area contributed by atoms with E-state index in [4.69, 9.17) is 4.74 Å². The van der Waals surface area contributed by atoms with Crippen LogP contribution in [-0.4, -0.2) is 18.1 Å². The van der Waals surface area contributed by atoms with Crippen LogP contribution in [-0.2, 0) is 0 Å². The first-order valence-corrected chi connectivity index (χ1v) is 7.07. The highest BCUT2D eigenvalue weighted by Gasteiger charge is 2.31. The van der Waals surface area contributed by atoms with E-state index in [1.165, 1.54) is 11.1 Å². The predicted octanol–water partition coefficient (Wildman–Crippen LogP) is 3.76. The van der Waals surface area contributed by atoms with Crippen LogP contribution < -0.4 is 10.1 Å². The van der Waals surface area contributed by atoms with E-state index in [2.05, 4.69) is 35.4 Å². The van der Waals surface area contributed by atoms with Crippen molar-refractivity contribution in [2.24, 2.45) is 0 Å². The number of aryl methyl sites for hydroxylation is 1. The van der Waals surface area contributed by atoms with Gasteiger partial charge in [0.25, 0.3) is 0 Å². The maximum absolute atomic E-state index is 5.44. The molecule has 3 heteroatoms. The van der Waals surface area contributed by atoms with Gasteiger partial charge in [-0.15, -0.1) is 0 Å². The van der Waals surface area contributed by atoms with E-state index >= 15 is 0 Å². The number of ether oxygens (including phenoxy) is 1. The first kappa shape index (κ1) is 13.0. The Kier molecular flexibility index (Phi) is 3.59. The molecule has 0 radical (unpaired) electrons. The van der Waals surface area contributed by atoms with Crippen LogP contribution in [0, 0.1) is 6.92 Å². The maximum Gasteiger partial charge on any atom is 0.122 e. The minimum Gasteiger partial charge on any atom is -0.496 e. The van der Waals surface area contributed by atoms with Crippen LogP contribution in [0.15, 0.2) is 42.7 Å². The smallest absolute Gasteiger partial charge is 0.122 e. The molecule has 1 N–H and O–H groups in total. The fourth-order valence-electron chi connectivity index (χ4n) is 2.86. The topological polar surface area (TPSA) is 34.1 Å². The van der Waals surface area contributed by atoms with Crippen molar-refractivity contribution in [3.8, 4) is 5.75 Å². The van der Waals surface area contributed by atoms with E-state index in [0.29, 0.717) is 12.0 Å². The lowest BCUT2D eigenvalue weighted by Gasteiger charge is -2.37. The number of methoxy groups -OCH3 is 1. The maximum atomic E-state index is 5.44. The van der Waals surface area contributed by atoms with Gasteiger partial charge in [-0.3, -0.25) is 4.98 Å². The molecule has 3 rings (SSSR count). The van der Waals surface area contributed by atoms with Crippen LogP contribution in [0.4, 0.5) is 5.69 Å². The van der Waals surface area contributed by atoms with Gasteiger partial charge in [-0.05, 0) is 48.9 Å². The molecule has 1 aromatic heterocycles. The van der Waals surface area contributed by atoms with Gasteiger partial charge < -0.3 is 10.1 Å². The Hall–Kier alpha value is -2.03. The number of nitrogens with one attached hydrogen (secondary N) is 1. The Morgan fingerprint density at radius 2 is 2.00 bits per heavy atom. The molecule has 104 valence electrons. The fourth-order valence-corrected chi connectivity index (χ4v) is 2.86. The molecule has 0 atom stereocenters. The molecule has 3 nitrogen and oxygen atoms in total. The predicted molar refractivity (Wildman–Crippen MR) is 81.4 cm³/mol. The summed E-state index contributed by atoms with van der Waals surface area (Å²) in [4.78, 5) is 4.22. The van der Waals surface area contributed by atoms with Crippen molar-refractivity contribution in [2.75, 3.05) is 12.4 Å². The average molecular weight is 268 g/mol. The summed E-state index contributed by atoms with van der Waals surface area (Å²) in [5.41, 5.74) is 3.64. The zero-order valence-corrected chi connectivity index (χ0v) is 12.0. The van der Waals surface area contributed by atoms with E-state index in [9.17, 15) is 0 Å². The Labute approximate surface area is 120 Å². The summed E-state index contributed by atoms with van der Waals surface area (Å²) in [5.74, 6) is 1.61. The summed E-state index contributed by atoms with van der Waals surface area (Å²) in [6.07, 6.45) is 6.07. The van der Waals surface area contributed by atoms with Crippen LogP contribution in [0.3, 0.4) is 0 Å². The Bertz CT molecular complexity index is 591. The first-order chi connectivity index (χ1) is 9.76. The Balaban J connectivity index is 1.61. The Morgan fingerprint density at radius 1 is 1.20 bits per heavy atom. The van der Waals surface area contributed by atoms with Gasteiger partial charge in [0.1, 0.15) is 5.75 Å². The Morgan fingerprint density at radius 3 is 2.75 bits per heavy atom. The van der Waals surface area contributed by atoms with Crippen molar-refractivity contribution < 1.29 is 4.74 Å². The minimum absolute atomic E-state index is 0.536. The molecule has 1 aliphatic rings. The quantitative estimate of drug-likeness (QED) is 0.916. The molecule has 0 spiro atoms. The molecular formula is C17H20N2O. The van der Waals surface area contributed by atoms with Crippen LogP contribution in [0.2, 0.25) is 0 Å². The highest BCUT2D eigenvalue weighted by Crippen LogP contribution is 2.42. The van der Waals surface area contributed by atoms with Gasteiger partial charge in [0, 0.05) is 18.4 Å². The first-order valence-electron chi connectivity index (χ1n) is 7.07. The van der Waals surface area contributed by atoms with E-state index in [-0.39, 0.29) is 0 Å². The van der Waals surface area contributed by atoms with E-state index < -0.39 is 0 Å². The van der Waals surface area contributed by atoms with E-state index in [0.717, 1.165) is 24.3 Å². The van der Waals surface area contributed by atoms with Crippen molar-refractivity contribution in [1.29, 1.82) is 0 Å². The molecule has 1 heterocycles. The van der Waals surface area contributed by atoms with Crippen molar-refractivity contribution in [3.05, 3.63) is 53.9 Å². The summed E-state index contributed by atoms with van der Waals surface area (Å²) >= 11 is 0. The molecule has 0 aliphatic heterocycles. The summed E-state index contributed by atoms with van der Waals surface area (Å²) < 4.78 is 5.44. The highest BCUT2D eigenvalue weighted by atomic mass is 16.5. The van der Waals surface area contributed by atoms with Crippen molar-refractivity contribution in [1.82, 2.24) is 4.98 Å². The molecule has 2 aromatic rings. The van der Waals surface area contributed by atoms with Gasteiger partial charge in [-0.2, -0.15) is 0 Å². The molecule has 0 amide bonds. The molecule has 0 saturated heterocycles.